The molecule has 2 atom stereocenters. The van der Waals surface area contributed by atoms with Crippen molar-refractivity contribution in [1.29, 1.82) is 0 Å². The van der Waals surface area contributed by atoms with E-state index in [4.69, 9.17) is 10.5 Å². The molecule has 21 heavy (non-hydrogen) atoms. The van der Waals surface area contributed by atoms with Gasteiger partial charge in [0.2, 0.25) is 5.91 Å². The lowest BCUT2D eigenvalue weighted by Crippen LogP contribution is -2.49. The lowest BCUT2D eigenvalue weighted by Gasteiger charge is -2.32. The average Bonchev–Trinajstić information content (AvgIpc) is 2.43. The summed E-state index contributed by atoms with van der Waals surface area (Å²) < 4.78 is 5.53. The zero-order chi connectivity index (χ0) is 15.4. The third kappa shape index (κ3) is 3.72. The smallest absolute Gasteiger partial charge is 0.268 e. The third-order valence-electron chi connectivity index (χ3n) is 3.30. The van der Waals surface area contributed by atoms with Crippen LogP contribution in [0.4, 0.5) is 5.69 Å². The van der Waals surface area contributed by atoms with E-state index in [1.807, 2.05) is 19.1 Å². The molecule has 1 aliphatic rings. The molecular weight excluding hydrogens is 270 g/mol. The van der Waals surface area contributed by atoms with Crippen molar-refractivity contribution in [2.75, 3.05) is 18.0 Å². The van der Waals surface area contributed by atoms with E-state index in [-0.39, 0.29) is 24.4 Å². The molecule has 6 nitrogen and oxygen atoms in total. The van der Waals surface area contributed by atoms with Gasteiger partial charge in [0.05, 0.1) is 5.69 Å². The highest BCUT2D eigenvalue weighted by molar-refractivity contribution is 6.03. The molecule has 0 bridgehead atoms. The summed E-state index contributed by atoms with van der Waals surface area (Å²) in [6.45, 7) is 4.06. The molecule has 0 radical (unpaired) electrons. The Labute approximate surface area is 124 Å². The minimum Gasteiger partial charge on any atom is -0.479 e. The number of amides is 2. The first-order valence-corrected chi connectivity index (χ1v) is 7.08. The second-order valence-corrected chi connectivity index (χ2v) is 5.27. The topological polar surface area (TPSA) is 84.7 Å². The van der Waals surface area contributed by atoms with Gasteiger partial charge >= 0.3 is 0 Å². The maximum atomic E-state index is 12.2. The van der Waals surface area contributed by atoms with E-state index in [9.17, 15) is 9.59 Å². The maximum Gasteiger partial charge on any atom is 0.268 e. The quantitative estimate of drug-likeness (QED) is 0.834. The number of nitrogens with two attached hydrogens (primary N) is 1. The molecule has 6 heteroatoms. The van der Waals surface area contributed by atoms with Crippen LogP contribution in [0.25, 0.3) is 0 Å². The van der Waals surface area contributed by atoms with E-state index >= 15 is 0 Å². The zero-order valence-electron chi connectivity index (χ0n) is 12.3. The molecule has 114 valence electrons. The number of benzene rings is 1. The zero-order valence-corrected chi connectivity index (χ0v) is 12.3. The molecule has 2 rings (SSSR count). The predicted octanol–water partition coefficient (Wildman–Crippen LogP) is 0.654. The Morgan fingerprint density at radius 3 is 2.90 bits per heavy atom. The predicted molar refractivity (Wildman–Crippen MR) is 80.2 cm³/mol. The van der Waals surface area contributed by atoms with Crippen LogP contribution in [0.3, 0.4) is 0 Å². The SMILES string of the molecule is CC(N)CCNC(=O)CN1C(=O)C(C)Oc2ccccc21. The number of hydrogen-bond acceptors (Lipinski definition) is 4. The maximum absolute atomic E-state index is 12.2. The van der Waals surface area contributed by atoms with Crippen LogP contribution in [-0.2, 0) is 9.59 Å². The van der Waals surface area contributed by atoms with Crippen molar-refractivity contribution < 1.29 is 14.3 Å². The Morgan fingerprint density at radius 2 is 2.19 bits per heavy atom. The van der Waals surface area contributed by atoms with Crippen molar-refractivity contribution >= 4 is 17.5 Å². The largest absolute Gasteiger partial charge is 0.479 e. The van der Waals surface area contributed by atoms with Gasteiger partial charge in [-0.1, -0.05) is 12.1 Å². The van der Waals surface area contributed by atoms with Gasteiger partial charge in [-0.15, -0.1) is 0 Å². The number of fused-ring (bicyclic) bond motifs is 1. The van der Waals surface area contributed by atoms with Crippen LogP contribution in [0.5, 0.6) is 5.75 Å². The van der Waals surface area contributed by atoms with E-state index in [0.717, 1.165) is 0 Å². The van der Waals surface area contributed by atoms with E-state index in [1.54, 1.807) is 19.1 Å². The Hall–Kier alpha value is -2.08. The Balaban J connectivity index is 2.04. The van der Waals surface area contributed by atoms with Crippen LogP contribution in [0.15, 0.2) is 24.3 Å². The summed E-state index contributed by atoms with van der Waals surface area (Å²) in [7, 11) is 0. The fourth-order valence-corrected chi connectivity index (χ4v) is 2.16. The first-order valence-electron chi connectivity index (χ1n) is 7.08. The number of anilines is 1. The van der Waals surface area contributed by atoms with Crippen LogP contribution >= 0.6 is 0 Å². The highest BCUT2D eigenvalue weighted by atomic mass is 16.5. The number of hydrogen-bond donors (Lipinski definition) is 2. The van der Waals surface area contributed by atoms with E-state index in [0.29, 0.717) is 24.4 Å². The summed E-state index contributed by atoms with van der Waals surface area (Å²) in [5, 5.41) is 2.77. The standard InChI is InChI=1S/C15H21N3O3/c1-10(16)7-8-17-14(19)9-18-12-5-3-4-6-13(12)21-11(2)15(18)20/h3-6,10-11H,7-9,16H2,1-2H3,(H,17,19). The lowest BCUT2D eigenvalue weighted by atomic mass is 10.2. The summed E-state index contributed by atoms with van der Waals surface area (Å²) in [4.78, 5) is 25.6. The molecule has 0 aromatic heterocycles. The van der Waals surface area contributed by atoms with Gasteiger partial charge in [0.25, 0.3) is 5.91 Å². The molecule has 0 aliphatic carbocycles. The number of para-hydroxylation sites is 2. The van der Waals surface area contributed by atoms with Crippen LogP contribution in [-0.4, -0.2) is 37.0 Å². The summed E-state index contributed by atoms with van der Waals surface area (Å²) in [6.07, 6.45) is 0.118. The average molecular weight is 291 g/mol. The van der Waals surface area contributed by atoms with E-state index in [2.05, 4.69) is 5.32 Å². The Bertz CT molecular complexity index is 531. The van der Waals surface area contributed by atoms with Crippen molar-refractivity contribution in [3.05, 3.63) is 24.3 Å². The molecule has 0 saturated carbocycles. The molecule has 0 saturated heterocycles. The Morgan fingerprint density at radius 1 is 1.48 bits per heavy atom. The van der Waals surface area contributed by atoms with Gasteiger partial charge in [0.15, 0.2) is 6.10 Å². The second-order valence-electron chi connectivity index (χ2n) is 5.27. The second kappa shape index (κ2) is 6.58. The molecule has 1 heterocycles. The van der Waals surface area contributed by atoms with Gasteiger partial charge in [-0.2, -0.15) is 0 Å². The van der Waals surface area contributed by atoms with Gasteiger partial charge in [0, 0.05) is 12.6 Å². The number of carbonyl (C=O) groups excluding carboxylic acids is 2. The van der Waals surface area contributed by atoms with Crippen molar-refractivity contribution in [3.8, 4) is 5.75 Å². The van der Waals surface area contributed by atoms with Crippen LogP contribution in [0, 0.1) is 0 Å². The molecule has 3 N–H and O–H groups in total. The summed E-state index contributed by atoms with van der Waals surface area (Å²) >= 11 is 0. The summed E-state index contributed by atoms with van der Waals surface area (Å²) in [5.41, 5.74) is 6.26. The number of carbonyl (C=O) groups is 2. The molecule has 1 aliphatic heterocycles. The molecule has 0 spiro atoms. The van der Waals surface area contributed by atoms with Crippen LogP contribution in [0.2, 0.25) is 0 Å². The van der Waals surface area contributed by atoms with Gasteiger partial charge in [0.1, 0.15) is 12.3 Å². The lowest BCUT2D eigenvalue weighted by molar-refractivity contribution is -0.128. The normalized spacial score (nSPS) is 18.7. The number of ether oxygens (including phenoxy) is 1. The third-order valence-corrected chi connectivity index (χ3v) is 3.30. The minimum absolute atomic E-state index is 0.0114. The molecule has 1 aromatic carbocycles. The number of nitrogens with one attached hydrogen (secondary N) is 1. The van der Waals surface area contributed by atoms with Crippen molar-refractivity contribution in [1.82, 2.24) is 5.32 Å². The highest BCUT2D eigenvalue weighted by Crippen LogP contribution is 2.33. The fourth-order valence-electron chi connectivity index (χ4n) is 2.16. The van der Waals surface area contributed by atoms with E-state index in [1.165, 1.54) is 4.90 Å². The highest BCUT2D eigenvalue weighted by Gasteiger charge is 2.32. The van der Waals surface area contributed by atoms with Gasteiger partial charge in [-0.05, 0) is 32.4 Å². The van der Waals surface area contributed by atoms with E-state index < -0.39 is 6.10 Å². The Kier molecular flexibility index (Phi) is 4.80. The number of rotatable bonds is 5. The fraction of sp³-hybridized carbons (Fsp3) is 0.467. The molecule has 2 unspecified atom stereocenters. The molecule has 2 amide bonds. The first kappa shape index (κ1) is 15.3. The molecule has 0 fully saturated rings. The molecule has 1 aromatic rings. The van der Waals surface area contributed by atoms with Crippen LogP contribution in [0.1, 0.15) is 20.3 Å². The monoisotopic (exact) mass is 291 g/mol. The number of nitrogens with zero attached hydrogens (tertiary/aromatic N) is 1. The molecular formula is C15H21N3O3. The van der Waals surface area contributed by atoms with Gasteiger partial charge in [-0.25, -0.2) is 0 Å². The van der Waals surface area contributed by atoms with Gasteiger partial charge in [-0.3, -0.25) is 14.5 Å². The first-order chi connectivity index (χ1) is 9.99. The van der Waals surface area contributed by atoms with Crippen molar-refractivity contribution in [3.63, 3.8) is 0 Å². The minimum atomic E-state index is -0.586. The summed E-state index contributed by atoms with van der Waals surface area (Å²) in [5.74, 6) is 0.205. The van der Waals surface area contributed by atoms with Crippen LogP contribution < -0.4 is 20.7 Å². The van der Waals surface area contributed by atoms with Crippen molar-refractivity contribution in [2.45, 2.75) is 32.4 Å². The van der Waals surface area contributed by atoms with Crippen molar-refractivity contribution in [2.24, 2.45) is 5.73 Å². The summed E-state index contributed by atoms with van der Waals surface area (Å²) in [6, 6.07) is 7.25. The van der Waals surface area contributed by atoms with Gasteiger partial charge < -0.3 is 15.8 Å².